The molecule has 0 aliphatic carbocycles. The molecule has 0 spiro atoms. The average molecular weight is 430 g/mol. The van der Waals surface area contributed by atoms with E-state index in [1.54, 1.807) is 12.1 Å². The molecule has 154 valence electrons. The average Bonchev–Trinajstić information content (AvgIpc) is 3.32. The van der Waals surface area contributed by atoms with Crippen molar-refractivity contribution in [1.82, 2.24) is 20.3 Å². The number of hydrogen-bond donors (Lipinski definition) is 2. The Kier molecular flexibility index (Phi) is 5.29. The Morgan fingerprint density at radius 1 is 1.13 bits per heavy atom. The minimum Gasteiger partial charge on any atom is -0.345 e. The van der Waals surface area contributed by atoms with Crippen molar-refractivity contribution in [3.63, 3.8) is 0 Å². The van der Waals surface area contributed by atoms with Crippen LogP contribution in [0.25, 0.3) is 11.0 Å². The van der Waals surface area contributed by atoms with Crippen LogP contribution in [0.5, 0.6) is 0 Å². The van der Waals surface area contributed by atoms with Gasteiger partial charge < -0.3 is 10.3 Å². The summed E-state index contributed by atoms with van der Waals surface area (Å²) in [7, 11) is 0. The van der Waals surface area contributed by atoms with Gasteiger partial charge in [-0.3, -0.25) is 4.79 Å². The number of carbonyl (C=O) groups excluding carboxylic acids is 1. The molecule has 0 radical (unpaired) electrons. The Bertz CT molecular complexity index is 1180. The Morgan fingerprint density at radius 2 is 1.90 bits per heavy atom. The number of rotatable bonds is 5. The highest BCUT2D eigenvalue weighted by Gasteiger charge is 2.34. The number of nitrogens with one attached hydrogen (secondary N) is 2. The number of H-pyrrole nitrogens is 1. The van der Waals surface area contributed by atoms with E-state index in [1.165, 1.54) is 17.4 Å². The van der Waals surface area contributed by atoms with Crippen molar-refractivity contribution in [3.8, 4) is 0 Å². The number of benzene rings is 2. The standard InChI is InChI=1S/C21H17F3N4OS/c1-12-25-15(11-30-12)10-18(29)28-19(13-5-3-2-4-6-13)14-7-8-16-17(9-14)27-20(26-16)21(22,23)24/h2-9,11,19H,10H2,1H3,(H,26,27)(H,28,29). The highest BCUT2D eigenvalue weighted by atomic mass is 32.1. The van der Waals surface area contributed by atoms with E-state index in [-0.39, 0.29) is 23.4 Å². The first-order chi connectivity index (χ1) is 14.3. The summed E-state index contributed by atoms with van der Waals surface area (Å²) in [6, 6.07) is 13.5. The molecule has 1 amide bonds. The molecule has 0 aliphatic rings. The largest absolute Gasteiger partial charge is 0.449 e. The Hall–Kier alpha value is -3.20. The number of aromatic nitrogens is 3. The number of hydrogen-bond acceptors (Lipinski definition) is 4. The minimum atomic E-state index is -4.56. The molecule has 1 unspecified atom stereocenters. The van der Waals surface area contributed by atoms with E-state index in [1.807, 2.05) is 42.6 Å². The third-order valence-corrected chi connectivity index (χ3v) is 5.38. The molecule has 0 fully saturated rings. The van der Waals surface area contributed by atoms with Crippen LogP contribution in [0, 0.1) is 6.92 Å². The summed E-state index contributed by atoms with van der Waals surface area (Å²) >= 11 is 1.47. The number of aryl methyl sites for hydroxylation is 1. The van der Waals surface area contributed by atoms with Gasteiger partial charge in [0.15, 0.2) is 0 Å². The van der Waals surface area contributed by atoms with Crippen LogP contribution in [0.3, 0.4) is 0 Å². The summed E-state index contributed by atoms with van der Waals surface area (Å²) < 4.78 is 38.9. The van der Waals surface area contributed by atoms with Crippen molar-refractivity contribution in [3.05, 3.63) is 81.6 Å². The second kappa shape index (κ2) is 7.91. The van der Waals surface area contributed by atoms with Gasteiger partial charge in [0.2, 0.25) is 11.7 Å². The smallest absolute Gasteiger partial charge is 0.345 e. The lowest BCUT2D eigenvalue weighted by Crippen LogP contribution is -2.30. The van der Waals surface area contributed by atoms with E-state index < -0.39 is 18.0 Å². The van der Waals surface area contributed by atoms with Gasteiger partial charge in [-0.15, -0.1) is 11.3 Å². The van der Waals surface area contributed by atoms with Gasteiger partial charge in [0.1, 0.15) is 0 Å². The zero-order valence-corrected chi connectivity index (χ0v) is 16.6. The SMILES string of the molecule is Cc1nc(CC(=O)NC(c2ccccc2)c2ccc3nc(C(F)(F)F)[nH]c3c2)cs1. The van der Waals surface area contributed by atoms with E-state index in [9.17, 15) is 18.0 Å². The molecule has 9 heteroatoms. The summed E-state index contributed by atoms with van der Waals surface area (Å²) in [4.78, 5) is 22.9. The number of carbonyl (C=O) groups is 1. The Morgan fingerprint density at radius 3 is 2.57 bits per heavy atom. The number of aromatic amines is 1. The normalized spacial score (nSPS) is 12.8. The van der Waals surface area contributed by atoms with Gasteiger partial charge in [0, 0.05) is 5.38 Å². The van der Waals surface area contributed by atoms with Crippen molar-refractivity contribution in [2.45, 2.75) is 25.6 Å². The maximum Gasteiger partial charge on any atom is 0.449 e. The first-order valence-corrected chi connectivity index (χ1v) is 10.00. The summed E-state index contributed by atoms with van der Waals surface area (Å²) in [5.41, 5.74) is 2.61. The molecule has 0 saturated heterocycles. The zero-order chi connectivity index (χ0) is 21.3. The number of imidazole rings is 1. The number of nitrogens with zero attached hydrogens (tertiary/aromatic N) is 2. The van der Waals surface area contributed by atoms with Crippen molar-refractivity contribution < 1.29 is 18.0 Å². The number of fused-ring (bicyclic) bond motifs is 1. The summed E-state index contributed by atoms with van der Waals surface area (Å²) in [5, 5.41) is 5.69. The van der Waals surface area contributed by atoms with Crippen LogP contribution in [0.15, 0.2) is 53.9 Å². The highest BCUT2D eigenvalue weighted by molar-refractivity contribution is 7.09. The molecule has 2 N–H and O–H groups in total. The fourth-order valence-corrected chi connectivity index (χ4v) is 3.82. The third-order valence-electron chi connectivity index (χ3n) is 4.55. The van der Waals surface area contributed by atoms with Gasteiger partial charge in [-0.2, -0.15) is 13.2 Å². The lowest BCUT2D eigenvalue weighted by atomic mass is 9.98. The molecule has 0 saturated carbocycles. The maximum atomic E-state index is 13.0. The maximum absolute atomic E-state index is 13.0. The molecular weight excluding hydrogens is 413 g/mol. The van der Waals surface area contributed by atoms with Crippen LogP contribution in [-0.2, 0) is 17.4 Å². The van der Waals surface area contributed by atoms with Crippen LogP contribution in [0.4, 0.5) is 13.2 Å². The first-order valence-electron chi connectivity index (χ1n) is 9.12. The second-order valence-electron chi connectivity index (χ2n) is 6.81. The minimum absolute atomic E-state index is 0.123. The first kappa shape index (κ1) is 20.1. The van der Waals surface area contributed by atoms with E-state index in [0.29, 0.717) is 11.3 Å². The topological polar surface area (TPSA) is 70.7 Å². The molecule has 0 bridgehead atoms. The van der Waals surface area contributed by atoms with Crippen LogP contribution < -0.4 is 5.32 Å². The number of alkyl halides is 3. The van der Waals surface area contributed by atoms with Gasteiger partial charge in [-0.25, -0.2) is 9.97 Å². The molecule has 5 nitrogen and oxygen atoms in total. The number of halogens is 3. The van der Waals surface area contributed by atoms with Crippen LogP contribution in [-0.4, -0.2) is 20.9 Å². The van der Waals surface area contributed by atoms with E-state index in [0.717, 1.165) is 10.6 Å². The molecule has 0 aliphatic heterocycles. The molecule has 30 heavy (non-hydrogen) atoms. The number of amides is 1. The molecule has 2 heterocycles. The summed E-state index contributed by atoms with van der Waals surface area (Å²) in [5.74, 6) is -1.27. The fourth-order valence-electron chi connectivity index (χ4n) is 3.21. The van der Waals surface area contributed by atoms with Gasteiger partial charge >= 0.3 is 6.18 Å². The van der Waals surface area contributed by atoms with Crippen LogP contribution in [0.1, 0.15) is 33.7 Å². The molecule has 1 atom stereocenters. The highest BCUT2D eigenvalue weighted by Crippen LogP contribution is 2.30. The predicted molar refractivity (Wildman–Crippen MR) is 108 cm³/mol. The molecule has 4 rings (SSSR count). The van der Waals surface area contributed by atoms with Gasteiger partial charge in [0.05, 0.1) is 34.2 Å². The van der Waals surface area contributed by atoms with E-state index in [4.69, 9.17) is 0 Å². The van der Waals surface area contributed by atoms with E-state index in [2.05, 4.69) is 20.3 Å². The van der Waals surface area contributed by atoms with Crippen molar-refractivity contribution in [2.24, 2.45) is 0 Å². The predicted octanol–water partition coefficient (Wildman–Crippen LogP) is 4.79. The summed E-state index contributed by atoms with van der Waals surface area (Å²) in [6.07, 6.45) is -4.43. The zero-order valence-electron chi connectivity index (χ0n) is 15.8. The van der Waals surface area contributed by atoms with E-state index >= 15 is 0 Å². The molecule has 4 aromatic rings. The Balaban J connectivity index is 1.66. The monoisotopic (exact) mass is 430 g/mol. The van der Waals surface area contributed by atoms with Gasteiger partial charge in [0.25, 0.3) is 0 Å². The van der Waals surface area contributed by atoms with Crippen molar-refractivity contribution in [1.29, 1.82) is 0 Å². The van der Waals surface area contributed by atoms with Crippen molar-refractivity contribution in [2.75, 3.05) is 0 Å². The lowest BCUT2D eigenvalue weighted by Gasteiger charge is -2.20. The quantitative estimate of drug-likeness (QED) is 0.478. The lowest BCUT2D eigenvalue weighted by molar-refractivity contribution is -0.144. The van der Waals surface area contributed by atoms with Crippen LogP contribution in [0.2, 0.25) is 0 Å². The van der Waals surface area contributed by atoms with Gasteiger partial charge in [-0.05, 0) is 30.2 Å². The van der Waals surface area contributed by atoms with Gasteiger partial charge in [-0.1, -0.05) is 36.4 Å². The second-order valence-corrected chi connectivity index (χ2v) is 7.87. The number of thiazole rings is 1. The Labute approximate surface area is 174 Å². The molecule has 2 aromatic carbocycles. The van der Waals surface area contributed by atoms with Crippen LogP contribution >= 0.6 is 11.3 Å². The third kappa shape index (κ3) is 4.35. The summed E-state index contributed by atoms with van der Waals surface area (Å²) in [6.45, 7) is 1.87. The fraction of sp³-hybridized carbons (Fsp3) is 0.190. The molecular formula is C21H17F3N4OS. The van der Waals surface area contributed by atoms with Crippen molar-refractivity contribution >= 4 is 28.3 Å². The molecule has 2 aromatic heterocycles.